The Morgan fingerprint density at radius 2 is 2.04 bits per heavy atom. The first-order chi connectivity index (χ1) is 13.6. The molecule has 0 unspecified atom stereocenters. The molecule has 28 heavy (non-hydrogen) atoms. The van der Waals surface area contributed by atoms with Crippen LogP contribution in [0.4, 0.5) is 0 Å². The van der Waals surface area contributed by atoms with Crippen LogP contribution in [0.5, 0.6) is 0 Å². The first kappa shape index (κ1) is 17.8. The molecule has 0 saturated carbocycles. The van der Waals surface area contributed by atoms with E-state index in [4.69, 9.17) is 13.7 Å². The van der Waals surface area contributed by atoms with E-state index in [0.717, 1.165) is 39.1 Å². The largest absolute Gasteiger partial charge is 0.438 e. The van der Waals surface area contributed by atoms with Crippen molar-refractivity contribution in [1.29, 1.82) is 0 Å². The third-order valence-corrected chi connectivity index (χ3v) is 6.52. The molecule has 0 aromatic carbocycles. The van der Waals surface area contributed by atoms with Crippen LogP contribution in [0.2, 0.25) is 0 Å². The van der Waals surface area contributed by atoms with E-state index in [0.29, 0.717) is 42.3 Å². The number of amides is 1. The maximum atomic E-state index is 13.0. The van der Waals surface area contributed by atoms with Gasteiger partial charge in [-0.05, 0) is 26.7 Å². The first-order valence-corrected chi connectivity index (χ1v) is 9.89. The minimum absolute atomic E-state index is 0.113. The van der Waals surface area contributed by atoms with Crippen LogP contribution in [0, 0.1) is 19.8 Å². The van der Waals surface area contributed by atoms with Crippen LogP contribution in [-0.2, 0) is 10.2 Å². The molecule has 0 spiro atoms. The first-order valence-electron chi connectivity index (χ1n) is 9.89. The molecule has 3 aliphatic heterocycles. The van der Waals surface area contributed by atoms with Gasteiger partial charge in [-0.25, -0.2) is 4.98 Å². The molecule has 3 aliphatic rings. The van der Waals surface area contributed by atoms with Crippen LogP contribution in [0.3, 0.4) is 0 Å². The average molecular weight is 387 g/mol. The van der Waals surface area contributed by atoms with Crippen molar-refractivity contribution >= 4 is 5.91 Å². The smallest absolute Gasteiger partial charge is 0.291 e. The number of oxazole rings is 1. The zero-order chi connectivity index (χ0) is 19.3. The average Bonchev–Trinajstić information content (AvgIpc) is 3.44. The van der Waals surface area contributed by atoms with Crippen molar-refractivity contribution < 1.29 is 18.5 Å². The Balaban J connectivity index is 1.43. The van der Waals surface area contributed by atoms with E-state index in [1.807, 2.05) is 11.8 Å². The van der Waals surface area contributed by atoms with Gasteiger partial charge in [-0.1, -0.05) is 5.16 Å². The van der Waals surface area contributed by atoms with Crippen molar-refractivity contribution in [1.82, 2.24) is 24.9 Å². The van der Waals surface area contributed by atoms with Gasteiger partial charge in [0.2, 0.25) is 11.7 Å². The summed E-state index contributed by atoms with van der Waals surface area (Å²) in [5.41, 5.74) is 0.289. The number of aromatic nitrogens is 3. The summed E-state index contributed by atoms with van der Waals surface area (Å²) in [6.07, 6.45) is 3.42. The molecule has 1 amide bonds. The third-order valence-electron chi connectivity index (χ3n) is 6.52. The number of hydrogen-bond donors (Lipinski definition) is 0. The van der Waals surface area contributed by atoms with Crippen molar-refractivity contribution in [2.24, 2.45) is 5.92 Å². The van der Waals surface area contributed by atoms with E-state index < -0.39 is 0 Å². The summed E-state index contributed by atoms with van der Waals surface area (Å²) < 4.78 is 16.5. The van der Waals surface area contributed by atoms with Crippen molar-refractivity contribution in [3.05, 3.63) is 29.6 Å². The van der Waals surface area contributed by atoms with Gasteiger partial charge < -0.3 is 18.6 Å². The molecule has 2 aromatic heterocycles. The van der Waals surface area contributed by atoms with E-state index in [1.54, 1.807) is 6.92 Å². The second-order valence-corrected chi connectivity index (χ2v) is 8.23. The molecular weight excluding hydrogens is 362 g/mol. The Bertz CT molecular complexity index is 873. The lowest BCUT2D eigenvalue weighted by atomic mass is 9.81. The number of carbonyl (C=O) groups excluding carboxylic acids is 1. The Kier molecular flexibility index (Phi) is 4.24. The Morgan fingerprint density at radius 3 is 2.71 bits per heavy atom. The summed E-state index contributed by atoms with van der Waals surface area (Å²) in [4.78, 5) is 26.0. The molecule has 3 fully saturated rings. The highest BCUT2D eigenvalue weighted by molar-refractivity contribution is 5.92. The highest BCUT2D eigenvalue weighted by Crippen LogP contribution is 2.46. The Labute approximate surface area is 163 Å². The second-order valence-electron chi connectivity index (χ2n) is 8.23. The normalized spacial score (nSPS) is 28.8. The van der Waals surface area contributed by atoms with Crippen LogP contribution in [0.25, 0.3) is 0 Å². The zero-order valence-electron chi connectivity index (χ0n) is 16.3. The number of nitrogens with zero attached hydrogens (tertiary/aromatic N) is 5. The number of aryl methyl sites for hydroxylation is 2. The van der Waals surface area contributed by atoms with Crippen molar-refractivity contribution in [2.75, 3.05) is 39.4 Å². The SMILES string of the molecule is Cc1noc([C@]23CN(C(=O)c4ocnc4C)C[C@H]2CN(C2CCOCC2)C3)n1. The maximum absolute atomic E-state index is 13.0. The number of fused-ring (bicyclic) bond motifs is 1. The number of ether oxygens (including phenoxy) is 1. The monoisotopic (exact) mass is 387 g/mol. The minimum Gasteiger partial charge on any atom is -0.438 e. The standard InChI is InChI=1S/C19H25N5O4/c1-12-16(27-11-20-12)17(25)24-8-14-7-23(15-3-5-26-6-4-15)9-19(14,10-24)18-21-13(2)22-28-18/h11,14-15H,3-10H2,1-2H3/t14-,19-/m1/s1. The van der Waals surface area contributed by atoms with Crippen molar-refractivity contribution in [3.8, 4) is 0 Å². The third kappa shape index (κ3) is 2.76. The Morgan fingerprint density at radius 1 is 1.21 bits per heavy atom. The summed E-state index contributed by atoms with van der Waals surface area (Å²) in [5.74, 6) is 1.73. The summed E-state index contributed by atoms with van der Waals surface area (Å²) in [5, 5.41) is 4.03. The summed E-state index contributed by atoms with van der Waals surface area (Å²) in [7, 11) is 0. The number of rotatable bonds is 3. The van der Waals surface area contributed by atoms with Crippen LogP contribution < -0.4 is 0 Å². The molecule has 5 rings (SSSR count). The van der Waals surface area contributed by atoms with Gasteiger partial charge in [0.1, 0.15) is 0 Å². The van der Waals surface area contributed by atoms with Gasteiger partial charge in [-0.3, -0.25) is 9.69 Å². The lowest BCUT2D eigenvalue weighted by Gasteiger charge is -2.33. The highest BCUT2D eigenvalue weighted by Gasteiger charge is 2.58. The van der Waals surface area contributed by atoms with Gasteiger partial charge >= 0.3 is 0 Å². The lowest BCUT2D eigenvalue weighted by molar-refractivity contribution is 0.0367. The van der Waals surface area contributed by atoms with E-state index in [1.165, 1.54) is 6.39 Å². The number of hydrogen-bond acceptors (Lipinski definition) is 8. The van der Waals surface area contributed by atoms with Crippen molar-refractivity contribution in [2.45, 2.75) is 38.1 Å². The number of likely N-dealkylation sites (tertiary alicyclic amines) is 2. The van der Waals surface area contributed by atoms with Crippen LogP contribution in [0.15, 0.2) is 15.3 Å². The van der Waals surface area contributed by atoms with Crippen molar-refractivity contribution in [3.63, 3.8) is 0 Å². The minimum atomic E-state index is -0.330. The van der Waals surface area contributed by atoms with Gasteiger partial charge in [0, 0.05) is 51.4 Å². The predicted octanol–water partition coefficient (Wildman–Crippen LogP) is 1.18. The topological polar surface area (TPSA) is 97.7 Å². The second kappa shape index (κ2) is 6.66. The molecule has 9 nitrogen and oxygen atoms in total. The van der Waals surface area contributed by atoms with Crippen LogP contribution in [0.1, 0.15) is 40.8 Å². The molecule has 9 heteroatoms. The summed E-state index contributed by atoms with van der Waals surface area (Å²) in [6.45, 7) is 8.20. The zero-order valence-corrected chi connectivity index (χ0v) is 16.3. The van der Waals surface area contributed by atoms with E-state index >= 15 is 0 Å². The molecule has 2 atom stereocenters. The van der Waals surface area contributed by atoms with Crippen LogP contribution in [-0.4, -0.2) is 76.3 Å². The van der Waals surface area contributed by atoms with Gasteiger partial charge in [0.15, 0.2) is 12.2 Å². The fraction of sp³-hybridized carbons (Fsp3) is 0.684. The van der Waals surface area contributed by atoms with Gasteiger partial charge in [0.05, 0.1) is 11.1 Å². The quantitative estimate of drug-likeness (QED) is 0.774. The fourth-order valence-electron chi connectivity index (χ4n) is 5.04. The summed E-state index contributed by atoms with van der Waals surface area (Å²) in [6, 6.07) is 0.515. The van der Waals surface area contributed by atoms with E-state index in [2.05, 4.69) is 20.0 Å². The molecule has 150 valence electrons. The molecule has 5 heterocycles. The molecule has 0 N–H and O–H groups in total. The molecular formula is C19H25N5O4. The van der Waals surface area contributed by atoms with Gasteiger partial charge in [-0.2, -0.15) is 4.98 Å². The molecule has 0 aliphatic carbocycles. The predicted molar refractivity (Wildman–Crippen MR) is 96.8 cm³/mol. The number of carbonyl (C=O) groups is 1. The molecule has 0 radical (unpaired) electrons. The summed E-state index contributed by atoms with van der Waals surface area (Å²) >= 11 is 0. The van der Waals surface area contributed by atoms with E-state index in [-0.39, 0.29) is 17.2 Å². The molecule has 0 bridgehead atoms. The van der Waals surface area contributed by atoms with Crippen LogP contribution >= 0.6 is 0 Å². The van der Waals surface area contributed by atoms with E-state index in [9.17, 15) is 4.79 Å². The molecule has 3 saturated heterocycles. The lowest BCUT2D eigenvalue weighted by Crippen LogP contribution is -2.44. The fourth-order valence-corrected chi connectivity index (χ4v) is 5.04. The molecule has 2 aromatic rings. The van der Waals surface area contributed by atoms with Gasteiger partial charge in [0.25, 0.3) is 5.91 Å². The highest BCUT2D eigenvalue weighted by atomic mass is 16.5. The Hall–Kier alpha value is -2.26. The maximum Gasteiger partial charge on any atom is 0.291 e. The van der Waals surface area contributed by atoms with Gasteiger partial charge in [-0.15, -0.1) is 0 Å².